The molecule has 0 bridgehead atoms. The van der Waals surface area contributed by atoms with Crippen molar-refractivity contribution in [2.24, 2.45) is 4.99 Å². The molecule has 1 N–H and O–H groups in total. The van der Waals surface area contributed by atoms with Crippen LogP contribution in [0.5, 0.6) is 0 Å². The lowest BCUT2D eigenvalue weighted by Crippen LogP contribution is -2.26. The van der Waals surface area contributed by atoms with Crippen LogP contribution in [0.1, 0.15) is 49.1 Å². The Hall–Kier alpha value is -2.71. The summed E-state index contributed by atoms with van der Waals surface area (Å²) >= 11 is 0. The summed E-state index contributed by atoms with van der Waals surface area (Å²) in [4.78, 5) is 4.93. The highest BCUT2D eigenvalue weighted by atomic mass is 15.0. The molecule has 1 aliphatic rings. The second kappa shape index (κ2) is 7.13. The zero-order valence-corrected chi connectivity index (χ0v) is 16.2. The molecule has 3 aromatic carbocycles. The first-order chi connectivity index (χ1) is 13.0. The van der Waals surface area contributed by atoms with E-state index in [-0.39, 0.29) is 11.5 Å². The molecule has 0 aliphatic carbocycles. The fraction of sp³-hybridized carbons (Fsp3) is 0.240. The van der Waals surface area contributed by atoms with E-state index in [4.69, 9.17) is 4.99 Å². The lowest BCUT2D eigenvalue weighted by molar-refractivity contribution is 0.587. The van der Waals surface area contributed by atoms with Crippen LogP contribution in [0.25, 0.3) is 0 Å². The zero-order valence-electron chi connectivity index (χ0n) is 16.2. The van der Waals surface area contributed by atoms with Gasteiger partial charge in [-0.15, -0.1) is 0 Å². The molecule has 0 fully saturated rings. The Morgan fingerprint density at radius 3 is 2.37 bits per heavy atom. The molecule has 0 spiro atoms. The molecule has 0 saturated heterocycles. The van der Waals surface area contributed by atoms with Gasteiger partial charge in [-0.1, -0.05) is 93.6 Å². The number of benzene rings is 3. The summed E-state index contributed by atoms with van der Waals surface area (Å²) < 4.78 is 0. The Morgan fingerprint density at radius 1 is 0.852 bits per heavy atom. The number of fused-ring (bicyclic) bond motifs is 1. The van der Waals surface area contributed by atoms with Gasteiger partial charge >= 0.3 is 0 Å². The quantitative estimate of drug-likeness (QED) is 0.615. The number of nitrogens with one attached hydrogen (secondary N) is 1. The molecule has 1 unspecified atom stereocenters. The highest BCUT2D eigenvalue weighted by Gasteiger charge is 2.27. The molecule has 1 heterocycles. The maximum Gasteiger partial charge on any atom is 0.0781 e. The minimum absolute atomic E-state index is 0.113. The second-order valence-electron chi connectivity index (χ2n) is 8.19. The molecule has 27 heavy (non-hydrogen) atoms. The molecule has 2 heteroatoms. The minimum Gasteiger partial charge on any atom is -0.301 e. The number of para-hydroxylation sites is 1. The van der Waals surface area contributed by atoms with Crippen molar-refractivity contribution in [3.8, 4) is 0 Å². The third-order valence-corrected chi connectivity index (χ3v) is 5.13. The van der Waals surface area contributed by atoms with Gasteiger partial charge < -0.3 is 5.32 Å². The van der Waals surface area contributed by atoms with E-state index in [1.54, 1.807) is 0 Å². The number of rotatable bonds is 4. The lowest BCUT2D eigenvalue weighted by atomic mass is 9.86. The summed E-state index contributed by atoms with van der Waals surface area (Å²) in [6, 6.07) is 27.9. The van der Waals surface area contributed by atoms with E-state index in [2.05, 4.69) is 98.9 Å². The molecule has 3 aromatic rings. The Balaban J connectivity index is 1.61. The normalized spacial score (nSPS) is 16.1. The van der Waals surface area contributed by atoms with Gasteiger partial charge in [-0.25, -0.2) is 0 Å². The van der Waals surface area contributed by atoms with Crippen LogP contribution in [0.4, 0.5) is 5.69 Å². The highest BCUT2D eigenvalue weighted by molar-refractivity contribution is 6.09. The van der Waals surface area contributed by atoms with Gasteiger partial charge in [0.05, 0.1) is 17.4 Å². The molecule has 1 atom stereocenters. The second-order valence-corrected chi connectivity index (χ2v) is 8.19. The van der Waals surface area contributed by atoms with Crippen LogP contribution < -0.4 is 5.32 Å². The highest BCUT2D eigenvalue weighted by Crippen LogP contribution is 2.36. The van der Waals surface area contributed by atoms with Crippen molar-refractivity contribution in [1.82, 2.24) is 5.32 Å². The van der Waals surface area contributed by atoms with E-state index < -0.39 is 0 Å². The van der Waals surface area contributed by atoms with Crippen LogP contribution >= 0.6 is 0 Å². The van der Waals surface area contributed by atoms with Gasteiger partial charge in [0.1, 0.15) is 0 Å². The molecule has 0 amide bonds. The molecule has 0 aromatic heterocycles. The first kappa shape index (κ1) is 17.7. The third kappa shape index (κ3) is 3.72. The summed E-state index contributed by atoms with van der Waals surface area (Å²) in [5.41, 5.74) is 7.43. The molecule has 2 nitrogen and oxygen atoms in total. The first-order valence-electron chi connectivity index (χ1n) is 9.58. The van der Waals surface area contributed by atoms with Crippen LogP contribution in [0.2, 0.25) is 0 Å². The molecular weight excluding hydrogens is 328 g/mol. The van der Waals surface area contributed by atoms with Crippen molar-refractivity contribution in [3.63, 3.8) is 0 Å². The Morgan fingerprint density at radius 2 is 1.59 bits per heavy atom. The fourth-order valence-corrected chi connectivity index (χ4v) is 3.59. The lowest BCUT2D eigenvalue weighted by Gasteiger charge is -2.21. The predicted molar refractivity (Wildman–Crippen MR) is 114 cm³/mol. The molecule has 0 saturated carbocycles. The maximum atomic E-state index is 4.93. The van der Waals surface area contributed by atoms with Gasteiger partial charge in [-0.05, 0) is 28.2 Å². The number of aliphatic imine (C=N–C) groups is 1. The standard InChI is InChI=1S/C25H26N2/c1-25(2,3)20-13-9-10-18(16-20)17-26-24-21-14-7-8-15-22(21)27-23(24)19-11-5-4-6-12-19/h4-16,24,26H,17H2,1-3H3. The largest absolute Gasteiger partial charge is 0.301 e. The monoisotopic (exact) mass is 354 g/mol. The number of nitrogens with zero attached hydrogens (tertiary/aromatic N) is 1. The van der Waals surface area contributed by atoms with E-state index in [1.165, 1.54) is 22.3 Å². The zero-order chi connectivity index (χ0) is 18.9. The maximum absolute atomic E-state index is 4.93. The fourth-order valence-electron chi connectivity index (χ4n) is 3.59. The van der Waals surface area contributed by atoms with Crippen molar-refractivity contribution < 1.29 is 0 Å². The molecule has 0 radical (unpaired) electrons. The molecule has 136 valence electrons. The van der Waals surface area contributed by atoms with Crippen molar-refractivity contribution in [2.45, 2.75) is 38.8 Å². The third-order valence-electron chi connectivity index (χ3n) is 5.13. The van der Waals surface area contributed by atoms with Crippen LogP contribution in [0, 0.1) is 0 Å². The van der Waals surface area contributed by atoms with Gasteiger partial charge in [0.25, 0.3) is 0 Å². The Labute approximate surface area is 162 Å². The first-order valence-corrected chi connectivity index (χ1v) is 9.58. The van der Waals surface area contributed by atoms with E-state index in [1.807, 2.05) is 6.07 Å². The summed E-state index contributed by atoms with van der Waals surface area (Å²) in [5.74, 6) is 0. The van der Waals surface area contributed by atoms with Crippen LogP contribution in [-0.2, 0) is 12.0 Å². The summed E-state index contributed by atoms with van der Waals surface area (Å²) in [7, 11) is 0. The van der Waals surface area contributed by atoms with Crippen molar-refractivity contribution in [2.75, 3.05) is 0 Å². The van der Waals surface area contributed by atoms with Gasteiger partial charge in [0, 0.05) is 12.1 Å². The van der Waals surface area contributed by atoms with Gasteiger partial charge in [-0.3, -0.25) is 4.99 Å². The van der Waals surface area contributed by atoms with E-state index in [0.717, 1.165) is 17.9 Å². The van der Waals surface area contributed by atoms with Gasteiger partial charge in [0.2, 0.25) is 0 Å². The predicted octanol–water partition coefficient (Wildman–Crippen LogP) is 5.95. The number of hydrogen-bond donors (Lipinski definition) is 1. The minimum atomic E-state index is 0.113. The molecule has 1 aliphatic heterocycles. The topological polar surface area (TPSA) is 24.4 Å². The smallest absolute Gasteiger partial charge is 0.0781 e. The van der Waals surface area contributed by atoms with Crippen LogP contribution in [0.15, 0.2) is 83.9 Å². The van der Waals surface area contributed by atoms with E-state index in [0.29, 0.717) is 0 Å². The Kier molecular flexibility index (Phi) is 4.67. The summed E-state index contributed by atoms with van der Waals surface area (Å²) in [6.45, 7) is 7.58. The van der Waals surface area contributed by atoms with Gasteiger partial charge in [0.15, 0.2) is 0 Å². The summed E-state index contributed by atoms with van der Waals surface area (Å²) in [6.07, 6.45) is 0. The van der Waals surface area contributed by atoms with Crippen molar-refractivity contribution >= 4 is 11.4 Å². The van der Waals surface area contributed by atoms with Crippen molar-refractivity contribution in [1.29, 1.82) is 0 Å². The molecular formula is C25H26N2. The molecule has 4 rings (SSSR count). The Bertz CT molecular complexity index is 965. The average molecular weight is 354 g/mol. The van der Waals surface area contributed by atoms with Crippen molar-refractivity contribution in [3.05, 3.63) is 101 Å². The van der Waals surface area contributed by atoms with E-state index in [9.17, 15) is 0 Å². The van der Waals surface area contributed by atoms with Crippen LogP contribution in [0.3, 0.4) is 0 Å². The SMILES string of the molecule is CC(C)(C)c1cccc(CNC2C(c3ccccc3)=Nc3ccccc32)c1. The van der Waals surface area contributed by atoms with Gasteiger partial charge in [-0.2, -0.15) is 0 Å². The average Bonchev–Trinajstić information content (AvgIpc) is 3.05. The van der Waals surface area contributed by atoms with E-state index >= 15 is 0 Å². The number of hydrogen-bond acceptors (Lipinski definition) is 2. The summed E-state index contributed by atoms with van der Waals surface area (Å²) in [5, 5.41) is 3.75. The van der Waals surface area contributed by atoms with Crippen LogP contribution in [-0.4, -0.2) is 5.71 Å².